The number of rotatable bonds is 2. The Morgan fingerprint density at radius 1 is 1.20 bits per heavy atom. The summed E-state index contributed by atoms with van der Waals surface area (Å²) in [5, 5.41) is 4.32. The Morgan fingerprint density at radius 2 is 1.92 bits per heavy atom. The van der Waals surface area contributed by atoms with E-state index < -0.39 is 16.8 Å². The van der Waals surface area contributed by atoms with Crippen LogP contribution in [0.25, 0.3) is 22.6 Å². The molecule has 0 bridgehead atoms. The highest BCUT2D eigenvalue weighted by molar-refractivity contribution is 5.85. The van der Waals surface area contributed by atoms with Gasteiger partial charge in [-0.1, -0.05) is 18.0 Å². The quantitative estimate of drug-likeness (QED) is 0.618. The summed E-state index contributed by atoms with van der Waals surface area (Å²) < 4.78 is 5.31. The first kappa shape index (κ1) is 17.3. The second-order valence-corrected chi connectivity index (χ2v) is 6.24. The molecule has 4 rings (SSSR count). The van der Waals surface area contributed by atoms with Gasteiger partial charge in [-0.2, -0.15) is 4.98 Å². The molecular weight excluding hydrogens is 348 g/mol. The van der Waals surface area contributed by atoms with Crippen LogP contribution in [0.15, 0.2) is 20.2 Å². The van der Waals surface area contributed by atoms with Gasteiger partial charge in [0, 0.05) is 0 Å². The van der Waals surface area contributed by atoms with Crippen molar-refractivity contribution < 1.29 is 4.52 Å². The zero-order chi connectivity index (χ0) is 16.9. The SMILES string of the molecule is Cc1cc(-c2nc(C3(N)CCCC3)no2)nc2[nH]c(=O)[nH]c(=O)c12.Cl. The van der Waals surface area contributed by atoms with Crippen molar-refractivity contribution in [2.75, 3.05) is 0 Å². The molecule has 3 heterocycles. The topological polar surface area (TPSA) is 144 Å². The number of nitrogens with one attached hydrogen (secondary N) is 2. The number of nitrogens with zero attached hydrogens (tertiary/aromatic N) is 3. The van der Waals surface area contributed by atoms with E-state index in [-0.39, 0.29) is 23.9 Å². The summed E-state index contributed by atoms with van der Waals surface area (Å²) in [4.78, 5) is 36.7. The van der Waals surface area contributed by atoms with Crippen LogP contribution in [0.4, 0.5) is 0 Å². The molecule has 0 aromatic carbocycles. The lowest BCUT2D eigenvalue weighted by atomic mass is 9.99. The first-order valence-electron chi connectivity index (χ1n) is 7.74. The van der Waals surface area contributed by atoms with E-state index in [1.807, 2.05) is 0 Å². The van der Waals surface area contributed by atoms with Gasteiger partial charge < -0.3 is 10.3 Å². The van der Waals surface area contributed by atoms with Crippen molar-refractivity contribution in [1.29, 1.82) is 0 Å². The van der Waals surface area contributed by atoms with E-state index in [1.165, 1.54) is 0 Å². The zero-order valence-corrected chi connectivity index (χ0v) is 14.3. The summed E-state index contributed by atoms with van der Waals surface area (Å²) in [6, 6.07) is 1.67. The number of fused-ring (bicyclic) bond motifs is 1. The van der Waals surface area contributed by atoms with Crippen LogP contribution in [-0.2, 0) is 5.54 Å². The molecule has 1 saturated carbocycles. The van der Waals surface area contributed by atoms with Crippen LogP contribution in [-0.4, -0.2) is 25.1 Å². The number of aryl methyl sites for hydroxylation is 1. The molecule has 25 heavy (non-hydrogen) atoms. The van der Waals surface area contributed by atoms with Crippen LogP contribution in [0.5, 0.6) is 0 Å². The summed E-state index contributed by atoms with van der Waals surface area (Å²) in [5.74, 6) is 0.682. The van der Waals surface area contributed by atoms with Crippen LogP contribution in [0.3, 0.4) is 0 Å². The molecule has 9 nitrogen and oxygen atoms in total. The summed E-state index contributed by atoms with van der Waals surface area (Å²) in [6.07, 6.45) is 3.72. The van der Waals surface area contributed by atoms with Crippen LogP contribution in [0, 0.1) is 6.92 Å². The van der Waals surface area contributed by atoms with E-state index in [4.69, 9.17) is 10.3 Å². The van der Waals surface area contributed by atoms with Gasteiger partial charge in [-0.05, 0) is 31.4 Å². The number of H-pyrrole nitrogens is 2. The van der Waals surface area contributed by atoms with E-state index in [1.54, 1.807) is 13.0 Å². The third-order valence-electron chi connectivity index (χ3n) is 4.49. The van der Waals surface area contributed by atoms with Gasteiger partial charge in [-0.15, -0.1) is 12.4 Å². The third-order valence-corrected chi connectivity index (χ3v) is 4.49. The van der Waals surface area contributed by atoms with Crippen molar-refractivity contribution in [1.82, 2.24) is 25.1 Å². The smallest absolute Gasteiger partial charge is 0.327 e. The molecule has 0 unspecified atom stereocenters. The highest BCUT2D eigenvalue weighted by Gasteiger charge is 2.36. The van der Waals surface area contributed by atoms with Crippen LogP contribution < -0.4 is 17.0 Å². The lowest BCUT2D eigenvalue weighted by Crippen LogP contribution is -2.34. The molecule has 132 valence electrons. The largest absolute Gasteiger partial charge is 0.332 e. The Kier molecular flexibility index (Phi) is 4.21. The van der Waals surface area contributed by atoms with Gasteiger partial charge in [0.1, 0.15) is 11.3 Å². The van der Waals surface area contributed by atoms with Crippen molar-refractivity contribution in [2.24, 2.45) is 5.73 Å². The molecule has 0 atom stereocenters. The molecule has 0 saturated heterocycles. The van der Waals surface area contributed by atoms with E-state index in [2.05, 4.69) is 25.1 Å². The Balaban J connectivity index is 0.00000182. The predicted octanol–water partition coefficient (Wildman–Crippen LogP) is 1.12. The minimum Gasteiger partial charge on any atom is -0.332 e. The van der Waals surface area contributed by atoms with Gasteiger partial charge in [0.2, 0.25) is 0 Å². The lowest BCUT2D eigenvalue weighted by Gasteiger charge is -2.17. The first-order valence-corrected chi connectivity index (χ1v) is 7.74. The lowest BCUT2D eigenvalue weighted by molar-refractivity contribution is 0.372. The summed E-state index contributed by atoms with van der Waals surface area (Å²) in [5.41, 5.74) is 5.90. The van der Waals surface area contributed by atoms with Gasteiger partial charge in [-0.3, -0.25) is 14.8 Å². The fourth-order valence-electron chi connectivity index (χ4n) is 3.22. The molecule has 0 amide bonds. The number of aromatic amines is 2. The van der Waals surface area contributed by atoms with E-state index >= 15 is 0 Å². The maximum Gasteiger partial charge on any atom is 0.327 e. The number of nitrogens with two attached hydrogens (primary N) is 1. The average Bonchev–Trinajstić information content (AvgIpc) is 3.15. The second kappa shape index (κ2) is 6.08. The number of hydrogen-bond donors (Lipinski definition) is 3. The van der Waals surface area contributed by atoms with Crippen molar-refractivity contribution in [3.05, 3.63) is 38.3 Å². The van der Waals surface area contributed by atoms with Crippen LogP contribution in [0.2, 0.25) is 0 Å². The van der Waals surface area contributed by atoms with Gasteiger partial charge in [0.05, 0.1) is 10.9 Å². The summed E-state index contributed by atoms with van der Waals surface area (Å²) >= 11 is 0. The van der Waals surface area contributed by atoms with E-state index in [0.717, 1.165) is 25.7 Å². The fourth-order valence-corrected chi connectivity index (χ4v) is 3.22. The van der Waals surface area contributed by atoms with Crippen LogP contribution >= 0.6 is 12.4 Å². The molecule has 0 spiro atoms. The highest BCUT2D eigenvalue weighted by atomic mass is 35.5. The van der Waals surface area contributed by atoms with Crippen molar-refractivity contribution in [3.8, 4) is 11.6 Å². The molecule has 10 heteroatoms. The third kappa shape index (κ3) is 2.85. The molecule has 1 aliphatic rings. The van der Waals surface area contributed by atoms with Gasteiger partial charge in [-0.25, -0.2) is 9.78 Å². The van der Waals surface area contributed by atoms with Gasteiger partial charge >= 0.3 is 5.69 Å². The first-order chi connectivity index (χ1) is 11.5. The average molecular weight is 365 g/mol. The standard InChI is InChI=1S/C15H16N6O3.ClH/c1-7-6-8(17-10-9(7)11(22)19-14(23)18-10)12-20-13(21-24-12)15(16)4-2-3-5-15;/h6H,2-5,16H2,1H3,(H2,17,18,19,22,23);1H. The number of pyridine rings is 1. The van der Waals surface area contributed by atoms with Gasteiger partial charge in [0.25, 0.3) is 11.4 Å². The minimum absolute atomic E-state index is 0. The molecule has 4 N–H and O–H groups in total. The molecule has 3 aromatic rings. The van der Waals surface area contributed by atoms with Crippen molar-refractivity contribution in [2.45, 2.75) is 38.1 Å². The van der Waals surface area contributed by atoms with Crippen molar-refractivity contribution >= 4 is 23.4 Å². The maximum atomic E-state index is 11.9. The fraction of sp³-hybridized carbons (Fsp3) is 0.400. The Morgan fingerprint density at radius 3 is 2.64 bits per heavy atom. The molecule has 0 radical (unpaired) electrons. The maximum absolute atomic E-state index is 11.9. The number of aromatic nitrogens is 5. The van der Waals surface area contributed by atoms with E-state index in [0.29, 0.717) is 22.5 Å². The zero-order valence-electron chi connectivity index (χ0n) is 13.5. The predicted molar refractivity (Wildman–Crippen MR) is 92.6 cm³/mol. The highest BCUT2D eigenvalue weighted by Crippen LogP contribution is 2.35. The molecule has 1 fully saturated rings. The second-order valence-electron chi connectivity index (χ2n) is 6.24. The molecule has 3 aromatic heterocycles. The van der Waals surface area contributed by atoms with E-state index in [9.17, 15) is 9.59 Å². The molecular formula is C15H17ClN6O3. The Hall–Kier alpha value is -2.52. The van der Waals surface area contributed by atoms with Crippen LogP contribution in [0.1, 0.15) is 37.1 Å². The molecule has 1 aliphatic carbocycles. The Bertz CT molecular complexity index is 1050. The van der Waals surface area contributed by atoms with Crippen molar-refractivity contribution in [3.63, 3.8) is 0 Å². The summed E-state index contributed by atoms with van der Waals surface area (Å²) in [7, 11) is 0. The van der Waals surface area contributed by atoms with Gasteiger partial charge in [0.15, 0.2) is 5.82 Å². The molecule has 0 aliphatic heterocycles. The monoisotopic (exact) mass is 364 g/mol. The summed E-state index contributed by atoms with van der Waals surface area (Å²) in [6.45, 7) is 1.75. The number of halogens is 1. The minimum atomic E-state index is -0.616. The number of hydrogen-bond acceptors (Lipinski definition) is 7. The normalized spacial score (nSPS) is 16.1. The Labute approximate surface area is 147 Å².